The molecule has 0 aliphatic rings. The maximum atomic E-state index is 15.0. The van der Waals surface area contributed by atoms with Crippen LogP contribution in [0.3, 0.4) is 0 Å². The zero-order valence-corrected chi connectivity index (χ0v) is 50.5. The lowest BCUT2D eigenvalue weighted by Crippen LogP contribution is -2.54. The van der Waals surface area contributed by atoms with Crippen LogP contribution in [-0.4, -0.2) is 118 Å². The summed E-state index contributed by atoms with van der Waals surface area (Å²) in [4.78, 5) is 107. The molecule has 0 fully saturated rings. The fourth-order valence-corrected chi connectivity index (χ4v) is 10.2. The minimum atomic E-state index is -4.82. The number of carboxylic acid groups (broad SMARTS) is 3. The summed E-state index contributed by atoms with van der Waals surface area (Å²) in [5.74, 6) is -8.56. The van der Waals surface area contributed by atoms with Crippen molar-refractivity contribution in [1.82, 2.24) is 26.2 Å². The summed E-state index contributed by atoms with van der Waals surface area (Å²) in [5, 5.41) is 40.6. The Kier molecular flexibility index (Phi) is 26.6. The highest BCUT2D eigenvalue weighted by Crippen LogP contribution is 2.59. The predicted molar refractivity (Wildman–Crippen MR) is 293 cm³/mol. The van der Waals surface area contributed by atoms with Crippen LogP contribution in [0.5, 0.6) is 0 Å². The molecule has 0 radical (unpaired) electrons. The van der Waals surface area contributed by atoms with E-state index in [9.17, 15) is 62.1 Å². The van der Waals surface area contributed by atoms with Gasteiger partial charge in [-0.3, -0.25) is 28.8 Å². The van der Waals surface area contributed by atoms with Gasteiger partial charge < -0.3 is 41.5 Å². The maximum Gasteiger partial charge on any atom is 0.397 e. The Morgan fingerprint density at radius 1 is 0.579 bits per heavy atom. The van der Waals surface area contributed by atoms with Crippen molar-refractivity contribution in [1.29, 1.82) is 0 Å². The van der Waals surface area contributed by atoms with Crippen molar-refractivity contribution in [2.24, 2.45) is 55.7 Å². The Labute approximate surface area is 458 Å². The average Bonchev–Trinajstić information content (AvgIpc) is 3.25. The molecule has 0 aromatic rings. The summed E-state index contributed by atoms with van der Waals surface area (Å²) < 4.78 is 37.6. The van der Waals surface area contributed by atoms with E-state index in [0.29, 0.717) is 25.7 Å². The third kappa shape index (κ3) is 20.3. The third-order valence-electron chi connectivity index (χ3n) is 17.9. The molecule has 0 aliphatic carbocycles. The first-order valence-electron chi connectivity index (χ1n) is 27.0. The number of alkyl halides is 3. The first-order chi connectivity index (χ1) is 34.1. The molecule has 0 rings (SSSR count). The lowest BCUT2D eigenvalue weighted by atomic mass is 9.49. The summed E-state index contributed by atoms with van der Waals surface area (Å²) in [6.45, 7) is 32.3. The van der Waals surface area contributed by atoms with Crippen LogP contribution in [0.2, 0.25) is 0 Å². The van der Waals surface area contributed by atoms with E-state index < -0.39 is 109 Å². The first kappa shape index (κ1) is 71.9. The molecule has 0 aromatic heterocycles. The molecule has 20 heteroatoms. The van der Waals surface area contributed by atoms with E-state index in [1.807, 2.05) is 95.3 Å². The van der Waals surface area contributed by atoms with Crippen molar-refractivity contribution in [3.8, 4) is 0 Å². The zero-order valence-electron chi connectivity index (χ0n) is 49.6. The number of hydrogen-bond donors (Lipinski definition) is 8. The lowest BCUT2D eigenvalue weighted by Gasteiger charge is -2.55. The van der Waals surface area contributed by atoms with Gasteiger partial charge >= 0.3 is 24.1 Å². The molecule has 76 heavy (non-hydrogen) atoms. The van der Waals surface area contributed by atoms with Crippen LogP contribution in [0.4, 0.5) is 13.2 Å². The van der Waals surface area contributed by atoms with Crippen LogP contribution in [0, 0.1) is 55.7 Å². The fraction of sp³-hybridized carbons (Fsp3) is 0.857. The predicted octanol–water partition coefficient (Wildman–Crippen LogP) is 9.92. The second-order valence-corrected chi connectivity index (χ2v) is 27.2. The zero-order chi connectivity index (χ0) is 60.0. The van der Waals surface area contributed by atoms with Crippen LogP contribution >= 0.6 is 12.6 Å². The maximum absolute atomic E-state index is 15.0. The Morgan fingerprint density at radius 3 is 1.36 bits per heavy atom. The van der Waals surface area contributed by atoms with Crippen molar-refractivity contribution in [3.63, 3.8) is 0 Å². The number of hydrogen-bond acceptors (Lipinski definition) is 9. The van der Waals surface area contributed by atoms with Gasteiger partial charge in [-0.15, -0.1) is 0 Å². The molecule has 442 valence electrons. The van der Waals surface area contributed by atoms with Crippen LogP contribution in [-0.2, 0) is 38.4 Å². The Bertz CT molecular complexity index is 2000. The minimum Gasteiger partial charge on any atom is -0.481 e. The van der Waals surface area contributed by atoms with Crippen LogP contribution in [0.1, 0.15) is 201 Å². The topological polar surface area (TPSA) is 249 Å². The number of carboxylic acids is 3. The number of nitrogens with one attached hydrogen (secondary N) is 4. The van der Waals surface area contributed by atoms with Gasteiger partial charge in [0.1, 0.15) is 18.5 Å². The molecule has 0 aliphatic heterocycles. The molecule has 4 unspecified atom stereocenters. The summed E-state index contributed by atoms with van der Waals surface area (Å²) in [7, 11) is 3.31. The molecule has 0 bridgehead atoms. The summed E-state index contributed by atoms with van der Waals surface area (Å²) in [6.07, 6.45) is -3.05. The normalized spacial score (nSPS) is 16.0. The largest absolute Gasteiger partial charge is 0.481 e. The van der Waals surface area contributed by atoms with Gasteiger partial charge in [-0.05, 0) is 112 Å². The molecule has 0 spiro atoms. The SMILES string of the molecule is CCCC(C)(C)C(=O)N[C@H](CCCCNC(=O)C(CC(C)(C)C(C)(C)C(CC(C)(C)C(C)(C)C(CC(C)(CC)C(C)(C)C(=O)O)C(=O)N(C)C)C(=O)NCCCC[C@H](NC(=O)CC(F)(F)F)C(=O)O)C(C)(C)S)C(=O)O. The highest BCUT2D eigenvalue weighted by molar-refractivity contribution is 7.81. The quantitative estimate of drug-likeness (QED) is 0.0219. The van der Waals surface area contributed by atoms with Crippen LogP contribution in [0.25, 0.3) is 0 Å². The number of amides is 5. The third-order valence-corrected chi connectivity index (χ3v) is 18.2. The molecule has 0 heterocycles. The van der Waals surface area contributed by atoms with E-state index >= 15 is 4.79 Å². The van der Waals surface area contributed by atoms with Crippen LogP contribution in [0.15, 0.2) is 0 Å². The Morgan fingerprint density at radius 2 is 0.987 bits per heavy atom. The smallest absolute Gasteiger partial charge is 0.397 e. The molecule has 16 nitrogen and oxygen atoms in total. The minimum absolute atomic E-state index is 0.0461. The number of carbonyl (C=O) groups excluding carboxylic acids is 5. The molecular formula is C56H100F3N5O11S. The number of carbonyl (C=O) groups is 8. The first-order valence-corrected chi connectivity index (χ1v) is 27.4. The van der Waals surface area contributed by atoms with E-state index in [-0.39, 0.29) is 81.7 Å². The van der Waals surface area contributed by atoms with Gasteiger partial charge in [-0.1, -0.05) is 110 Å². The highest BCUT2D eigenvalue weighted by atomic mass is 32.1. The number of aliphatic carboxylic acids is 3. The monoisotopic (exact) mass is 1110 g/mol. The molecule has 0 saturated carbocycles. The molecule has 0 saturated heterocycles. The highest BCUT2D eigenvalue weighted by Gasteiger charge is 2.57. The van der Waals surface area contributed by atoms with Gasteiger partial charge in [0, 0.05) is 49.2 Å². The van der Waals surface area contributed by atoms with Gasteiger partial charge in [0.05, 0.1) is 11.3 Å². The van der Waals surface area contributed by atoms with Crippen molar-refractivity contribution in [2.45, 2.75) is 224 Å². The van der Waals surface area contributed by atoms with E-state index in [1.165, 1.54) is 4.90 Å². The summed E-state index contributed by atoms with van der Waals surface area (Å²) >= 11 is 4.91. The second-order valence-electron chi connectivity index (χ2n) is 26.0. The van der Waals surface area contributed by atoms with E-state index in [4.69, 9.17) is 12.6 Å². The number of halogens is 3. The second kappa shape index (κ2) is 28.2. The number of thiol groups is 1. The fourth-order valence-electron chi connectivity index (χ4n) is 9.99. The van der Waals surface area contributed by atoms with Crippen molar-refractivity contribution in [3.05, 3.63) is 0 Å². The molecule has 6 atom stereocenters. The van der Waals surface area contributed by atoms with Gasteiger partial charge in [-0.2, -0.15) is 25.8 Å². The number of rotatable bonds is 35. The Balaban J connectivity index is 7.16. The van der Waals surface area contributed by atoms with Crippen molar-refractivity contribution < 1.29 is 66.8 Å². The van der Waals surface area contributed by atoms with Gasteiger partial charge in [0.15, 0.2) is 0 Å². The molecule has 0 aromatic carbocycles. The number of nitrogens with zero attached hydrogens (tertiary/aromatic N) is 1. The van der Waals surface area contributed by atoms with Crippen molar-refractivity contribution in [2.75, 3.05) is 27.2 Å². The van der Waals surface area contributed by atoms with E-state index in [0.717, 1.165) is 6.42 Å². The standard InChI is InChI=1S/C56H100F3N5O11S/c1-20-28-48(3,4)46(73)63-39(45(71)72)27-23-25-30-61-42(67)36(54(15,16)76)32-50(7,8)51(9,10)35(41(66)60-29-24-22-26-38(44(69)70)62-40(65)34-56(57,58)59)31-49(5,6)52(11,12)37(43(68)64(18)19)33-55(17,21-2)53(13,14)47(74)75/h35-39,76H,20-34H2,1-19H3,(H,60,66)(H,61,67)(H,62,65)(H,63,73)(H,69,70)(H,71,72)(H,74,75)/t35?,36?,37?,38-,39+,55?/m0/s1. The summed E-state index contributed by atoms with van der Waals surface area (Å²) in [6, 6.07) is -2.67. The average molecular weight is 1110 g/mol. The molecule has 7 N–H and O–H groups in total. The summed E-state index contributed by atoms with van der Waals surface area (Å²) in [5.41, 5.74) is -6.28. The van der Waals surface area contributed by atoms with Gasteiger partial charge in [0.25, 0.3) is 0 Å². The van der Waals surface area contributed by atoms with Gasteiger partial charge in [-0.25, -0.2) is 9.59 Å². The lowest BCUT2D eigenvalue weighted by molar-refractivity contribution is -0.161. The Hall–Kier alpha value is -4.10. The van der Waals surface area contributed by atoms with Crippen molar-refractivity contribution >= 4 is 60.1 Å². The van der Waals surface area contributed by atoms with E-state index in [2.05, 4.69) is 16.0 Å². The number of unbranched alkanes of at least 4 members (excludes halogenated alkanes) is 2. The molecular weight excluding hydrogens is 1010 g/mol. The van der Waals surface area contributed by atoms with Crippen LogP contribution < -0.4 is 21.3 Å². The van der Waals surface area contributed by atoms with Gasteiger partial charge in [0.2, 0.25) is 29.5 Å². The molecule has 5 amide bonds. The van der Waals surface area contributed by atoms with E-state index in [1.54, 1.807) is 41.8 Å².